The number of likely N-dealkylation sites (N-methyl/N-ethyl adjacent to an activating group) is 1. The molecule has 0 aliphatic carbocycles. The van der Waals surface area contributed by atoms with Crippen molar-refractivity contribution in [3.05, 3.63) is 28.3 Å². The van der Waals surface area contributed by atoms with Crippen molar-refractivity contribution in [1.82, 2.24) is 4.90 Å². The zero-order valence-corrected chi connectivity index (χ0v) is 11.0. The first-order chi connectivity index (χ1) is 8.99. The molecule has 0 atom stereocenters. The highest BCUT2D eigenvalue weighted by molar-refractivity contribution is 5.81. The third kappa shape index (κ3) is 3.84. The van der Waals surface area contributed by atoms with Crippen molar-refractivity contribution in [2.45, 2.75) is 13.8 Å². The minimum absolute atomic E-state index is 0.0260. The molecule has 1 amide bonds. The van der Waals surface area contributed by atoms with Crippen LogP contribution >= 0.6 is 0 Å². The topological polar surface area (TPSA) is 102 Å². The number of nitrogen functional groups attached to an aromatic ring is 1. The Hall–Kier alpha value is -2.31. The Balaban J connectivity index is 2.66. The van der Waals surface area contributed by atoms with Crippen LogP contribution in [0.4, 0.5) is 17.1 Å². The zero-order chi connectivity index (χ0) is 14.4. The molecule has 1 aromatic rings. The van der Waals surface area contributed by atoms with Gasteiger partial charge in [-0.05, 0) is 26.0 Å². The van der Waals surface area contributed by atoms with E-state index in [0.29, 0.717) is 18.8 Å². The first kappa shape index (κ1) is 14.7. The van der Waals surface area contributed by atoms with Crippen LogP contribution in [0.15, 0.2) is 18.2 Å². The van der Waals surface area contributed by atoms with Gasteiger partial charge in [0.2, 0.25) is 5.91 Å². The lowest BCUT2D eigenvalue weighted by molar-refractivity contribution is -0.383. The van der Waals surface area contributed by atoms with Crippen molar-refractivity contribution >= 4 is 23.0 Å². The van der Waals surface area contributed by atoms with Gasteiger partial charge in [0.25, 0.3) is 5.69 Å². The fourth-order valence-corrected chi connectivity index (χ4v) is 1.70. The summed E-state index contributed by atoms with van der Waals surface area (Å²) in [6.45, 7) is 5.26. The van der Waals surface area contributed by atoms with Gasteiger partial charge in [-0.1, -0.05) is 0 Å². The highest BCUT2D eigenvalue weighted by atomic mass is 16.6. The number of amides is 1. The lowest BCUT2D eigenvalue weighted by atomic mass is 10.2. The predicted octanol–water partition coefficient (Wildman–Crippen LogP) is 1.46. The van der Waals surface area contributed by atoms with Crippen molar-refractivity contribution in [3.63, 3.8) is 0 Å². The Morgan fingerprint density at radius 3 is 2.53 bits per heavy atom. The van der Waals surface area contributed by atoms with Crippen LogP contribution in [0.1, 0.15) is 13.8 Å². The molecule has 0 saturated carbocycles. The summed E-state index contributed by atoms with van der Waals surface area (Å²) in [6.07, 6.45) is 0. The van der Waals surface area contributed by atoms with E-state index in [-0.39, 0.29) is 23.8 Å². The van der Waals surface area contributed by atoms with Gasteiger partial charge < -0.3 is 16.0 Å². The molecule has 0 aliphatic heterocycles. The normalized spacial score (nSPS) is 10.0. The first-order valence-electron chi connectivity index (χ1n) is 6.05. The number of hydrogen-bond donors (Lipinski definition) is 2. The molecule has 0 fully saturated rings. The Bertz CT molecular complexity index is 472. The molecule has 0 radical (unpaired) electrons. The molecule has 7 heteroatoms. The second kappa shape index (κ2) is 6.58. The first-order valence-corrected chi connectivity index (χ1v) is 6.05. The Morgan fingerprint density at radius 1 is 1.42 bits per heavy atom. The average Bonchev–Trinajstić information content (AvgIpc) is 2.37. The minimum atomic E-state index is -0.542. The summed E-state index contributed by atoms with van der Waals surface area (Å²) >= 11 is 0. The average molecular weight is 266 g/mol. The fraction of sp³-hybridized carbons (Fsp3) is 0.417. The monoisotopic (exact) mass is 266 g/mol. The summed E-state index contributed by atoms with van der Waals surface area (Å²) in [7, 11) is 0. The standard InChI is InChI=1S/C12H18N4O3/c1-3-15(4-2)12(17)8-14-9-5-6-11(16(18)19)10(13)7-9/h5-7,14H,3-4,8,13H2,1-2H3. The van der Waals surface area contributed by atoms with Crippen LogP contribution in [-0.2, 0) is 4.79 Å². The quantitative estimate of drug-likeness (QED) is 0.461. The minimum Gasteiger partial charge on any atom is -0.393 e. The molecule has 1 aromatic carbocycles. The van der Waals surface area contributed by atoms with E-state index in [9.17, 15) is 14.9 Å². The van der Waals surface area contributed by atoms with Crippen molar-refractivity contribution in [3.8, 4) is 0 Å². The maximum atomic E-state index is 11.8. The van der Waals surface area contributed by atoms with E-state index in [4.69, 9.17) is 5.73 Å². The van der Waals surface area contributed by atoms with Crippen molar-refractivity contribution in [2.75, 3.05) is 30.7 Å². The molecule has 0 saturated heterocycles. The molecular formula is C12H18N4O3. The number of nitrogens with one attached hydrogen (secondary N) is 1. The molecular weight excluding hydrogens is 248 g/mol. The van der Waals surface area contributed by atoms with Crippen LogP contribution < -0.4 is 11.1 Å². The number of rotatable bonds is 6. The largest absolute Gasteiger partial charge is 0.393 e. The van der Waals surface area contributed by atoms with E-state index < -0.39 is 4.92 Å². The van der Waals surface area contributed by atoms with Crippen molar-refractivity contribution < 1.29 is 9.72 Å². The van der Waals surface area contributed by atoms with Crippen LogP contribution in [-0.4, -0.2) is 35.4 Å². The lowest BCUT2D eigenvalue weighted by Crippen LogP contribution is -2.35. The van der Waals surface area contributed by atoms with Crippen LogP contribution in [0.25, 0.3) is 0 Å². The van der Waals surface area contributed by atoms with Gasteiger partial charge in [-0.3, -0.25) is 14.9 Å². The van der Waals surface area contributed by atoms with E-state index in [1.54, 1.807) is 4.90 Å². The van der Waals surface area contributed by atoms with Gasteiger partial charge in [-0.2, -0.15) is 0 Å². The summed E-state index contributed by atoms with van der Waals surface area (Å²) in [5.41, 5.74) is 6.09. The summed E-state index contributed by atoms with van der Waals surface area (Å²) in [6, 6.07) is 4.30. The summed E-state index contributed by atoms with van der Waals surface area (Å²) in [5.74, 6) is -0.0260. The molecule has 7 nitrogen and oxygen atoms in total. The SMILES string of the molecule is CCN(CC)C(=O)CNc1ccc([N+](=O)[O-])c(N)c1. The second-order valence-corrected chi connectivity index (χ2v) is 3.95. The number of hydrogen-bond acceptors (Lipinski definition) is 5. The molecule has 0 heterocycles. The number of nitrogens with zero attached hydrogens (tertiary/aromatic N) is 2. The van der Waals surface area contributed by atoms with Gasteiger partial charge in [0.05, 0.1) is 11.5 Å². The highest BCUT2D eigenvalue weighted by Crippen LogP contribution is 2.24. The third-order valence-electron chi connectivity index (χ3n) is 2.78. The van der Waals surface area contributed by atoms with Crippen LogP contribution in [0.3, 0.4) is 0 Å². The molecule has 104 valence electrons. The second-order valence-electron chi connectivity index (χ2n) is 3.95. The molecule has 19 heavy (non-hydrogen) atoms. The highest BCUT2D eigenvalue weighted by Gasteiger charge is 2.12. The van der Waals surface area contributed by atoms with Gasteiger partial charge >= 0.3 is 0 Å². The van der Waals surface area contributed by atoms with Crippen LogP contribution in [0.5, 0.6) is 0 Å². The van der Waals surface area contributed by atoms with Gasteiger partial charge in [-0.15, -0.1) is 0 Å². The van der Waals surface area contributed by atoms with E-state index in [1.807, 2.05) is 13.8 Å². The predicted molar refractivity (Wildman–Crippen MR) is 73.9 cm³/mol. The van der Waals surface area contributed by atoms with Crippen molar-refractivity contribution in [2.24, 2.45) is 0 Å². The molecule has 3 N–H and O–H groups in total. The van der Waals surface area contributed by atoms with Gasteiger partial charge in [0, 0.05) is 24.8 Å². The van der Waals surface area contributed by atoms with E-state index in [1.165, 1.54) is 18.2 Å². The maximum Gasteiger partial charge on any atom is 0.292 e. The number of nitrogens with two attached hydrogens (primary N) is 1. The third-order valence-corrected chi connectivity index (χ3v) is 2.78. The summed E-state index contributed by atoms with van der Waals surface area (Å²) < 4.78 is 0. The van der Waals surface area contributed by atoms with Gasteiger partial charge in [0.15, 0.2) is 0 Å². The zero-order valence-electron chi connectivity index (χ0n) is 11.0. The van der Waals surface area contributed by atoms with E-state index in [0.717, 1.165) is 0 Å². The molecule has 0 aliphatic rings. The van der Waals surface area contributed by atoms with Gasteiger partial charge in [0.1, 0.15) is 5.69 Å². The molecule has 0 bridgehead atoms. The van der Waals surface area contributed by atoms with Crippen LogP contribution in [0, 0.1) is 10.1 Å². The summed E-state index contributed by atoms with van der Waals surface area (Å²) in [5, 5.41) is 13.5. The Kier molecular flexibility index (Phi) is 5.11. The molecule has 0 spiro atoms. The molecule has 0 unspecified atom stereocenters. The van der Waals surface area contributed by atoms with E-state index in [2.05, 4.69) is 5.32 Å². The van der Waals surface area contributed by atoms with E-state index >= 15 is 0 Å². The Morgan fingerprint density at radius 2 is 2.05 bits per heavy atom. The van der Waals surface area contributed by atoms with Crippen LogP contribution in [0.2, 0.25) is 0 Å². The number of nitro benzene ring substituents is 1. The summed E-state index contributed by atoms with van der Waals surface area (Å²) in [4.78, 5) is 23.5. The number of benzene rings is 1. The molecule has 1 rings (SSSR count). The smallest absolute Gasteiger partial charge is 0.292 e. The number of nitro groups is 1. The maximum absolute atomic E-state index is 11.8. The fourth-order valence-electron chi connectivity index (χ4n) is 1.70. The lowest BCUT2D eigenvalue weighted by Gasteiger charge is -2.19. The van der Waals surface area contributed by atoms with Gasteiger partial charge in [-0.25, -0.2) is 0 Å². The number of carbonyl (C=O) groups is 1. The Labute approximate surface area is 111 Å². The number of carbonyl (C=O) groups excluding carboxylic acids is 1. The van der Waals surface area contributed by atoms with Crippen molar-refractivity contribution in [1.29, 1.82) is 0 Å². The molecule has 0 aromatic heterocycles. The number of anilines is 2.